The van der Waals surface area contributed by atoms with Crippen LogP contribution in [0.5, 0.6) is 11.5 Å². The number of hydrogen-bond donors (Lipinski definition) is 2. The molecule has 2 rings (SSSR count). The summed E-state index contributed by atoms with van der Waals surface area (Å²) in [7, 11) is 1.60. The molecular formula is C15H15F2NO2. The lowest BCUT2D eigenvalue weighted by molar-refractivity contribution is 0.395. The SMILES string of the molecule is COc1ccc(CNCc2cc(F)c(O)c(F)c2)cc1. The van der Waals surface area contributed by atoms with Crippen molar-refractivity contribution < 1.29 is 18.6 Å². The van der Waals surface area contributed by atoms with Gasteiger partial charge in [0, 0.05) is 13.1 Å². The molecule has 0 spiro atoms. The Hall–Kier alpha value is -2.14. The average Bonchev–Trinajstić information content (AvgIpc) is 2.45. The molecule has 0 atom stereocenters. The van der Waals surface area contributed by atoms with Crippen LogP contribution in [0, 0.1) is 11.6 Å². The second-order valence-electron chi connectivity index (χ2n) is 4.36. The van der Waals surface area contributed by atoms with Crippen molar-refractivity contribution in [3.05, 3.63) is 59.2 Å². The highest BCUT2D eigenvalue weighted by atomic mass is 19.1. The highest BCUT2D eigenvalue weighted by Crippen LogP contribution is 2.21. The van der Waals surface area contributed by atoms with Gasteiger partial charge in [-0.2, -0.15) is 0 Å². The van der Waals surface area contributed by atoms with Gasteiger partial charge in [0.05, 0.1) is 7.11 Å². The lowest BCUT2D eigenvalue weighted by Gasteiger charge is -2.07. The van der Waals surface area contributed by atoms with E-state index in [0.717, 1.165) is 23.4 Å². The van der Waals surface area contributed by atoms with Gasteiger partial charge >= 0.3 is 0 Å². The number of phenolic OH excluding ortho intramolecular Hbond substituents is 1. The summed E-state index contributed by atoms with van der Waals surface area (Å²) in [4.78, 5) is 0. The first-order valence-electron chi connectivity index (χ1n) is 6.10. The highest BCUT2D eigenvalue weighted by molar-refractivity contribution is 5.30. The summed E-state index contributed by atoms with van der Waals surface area (Å²) in [5.74, 6) is -2.07. The standard InChI is InChI=1S/C15H15F2NO2/c1-20-12-4-2-10(3-5-12)8-18-9-11-6-13(16)15(19)14(17)7-11/h2-7,18-19H,8-9H2,1H3. The maximum Gasteiger partial charge on any atom is 0.187 e. The van der Waals surface area contributed by atoms with E-state index in [1.165, 1.54) is 0 Å². The first kappa shape index (κ1) is 14.3. The molecule has 0 radical (unpaired) electrons. The van der Waals surface area contributed by atoms with Crippen LogP contribution in [0.4, 0.5) is 8.78 Å². The minimum atomic E-state index is -0.953. The quantitative estimate of drug-likeness (QED) is 0.884. The molecule has 0 aliphatic carbocycles. The molecule has 0 aliphatic rings. The van der Waals surface area contributed by atoms with E-state index in [1.54, 1.807) is 7.11 Å². The van der Waals surface area contributed by atoms with Gasteiger partial charge in [-0.1, -0.05) is 12.1 Å². The van der Waals surface area contributed by atoms with Crippen molar-refractivity contribution in [2.75, 3.05) is 7.11 Å². The molecule has 5 heteroatoms. The van der Waals surface area contributed by atoms with Gasteiger partial charge in [-0.15, -0.1) is 0 Å². The van der Waals surface area contributed by atoms with Gasteiger partial charge in [-0.3, -0.25) is 0 Å². The number of methoxy groups -OCH3 is 1. The molecule has 2 aromatic carbocycles. The van der Waals surface area contributed by atoms with E-state index in [-0.39, 0.29) is 0 Å². The Morgan fingerprint density at radius 2 is 1.55 bits per heavy atom. The number of hydrogen-bond acceptors (Lipinski definition) is 3. The molecule has 0 bridgehead atoms. The fourth-order valence-corrected chi connectivity index (χ4v) is 1.81. The number of ether oxygens (including phenoxy) is 1. The summed E-state index contributed by atoms with van der Waals surface area (Å²) < 4.78 is 31.3. The smallest absolute Gasteiger partial charge is 0.187 e. The summed E-state index contributed by atoms with van der Waals surface area (Å²) in [6, 6.07) is 9.72. The number of aromatic hydroxyl groups is 1. The topological polar surface area (TPSA) is 41.5 Å². The van der Waals surface area contributed by atoms with Crippen molar-refractivity contribution >= 4 is 0 Å². The normalized spacial score (nSPS) is 10.6. The predicted octanol–water partition coefficient (Wildman–Crippen LogP) is 2.97. The summed E-state index contributed by atoms with van der Waals surface area (Å²) in [6.07, 6.45) is 0. The van der Waals surface area contributed by atoms with E-state index < -0.39 is 17.4 Å². The number of phenols is 1. The molecule has 20 heavy (non-hydrogen) atoms. The van der Waals surface area contributed by atoms with E-state index in [0.29, 0.717) is 18.7 Å². The Bertz CT molecular complexity index is 562. The van der Waals surface area contributed by atoms with Crippen molar-refractivity contribution in [1.29, 1.82) is 0 Å². The van der Waals surface area contributed by atoms with Crippen LogP contribution in [0.1, 0.15) is 11.1 Å². The molecule has 2 N–H and O–H groups in total. The molecular weight excluding hydrogens is 264 g/mol. The van der Waals surface area contributed by atoms with E-state index in [4.69, 9.17) is 9.84 Å². The Kier molecular flexibility index (Phi) is 4.53. The molecule has 2 aromatic rings. The highest BCUT2D eigenvalue weighted by Gasteiger charge is 2.09. The monoisotopic (exact) mass is 279 g/mol. The fourth-order valence-electron chi connectivity index (χ4n) is 1.81. The molecule has 106 valence electrons. The van der Waals surface area contributed by atoms with Crippen LogP contribution in [-0.4, -0.2) is 12.2 Å². The minimum absolute atomic E-state index is 0.306. The second kappa shape index (κ2) is 6.34. The lowest BCUT2D eigenvalue weighted by atomic mass is 10.2. The van der Waals surface area contributed by atoms with Gasteiger partial charge in [-0.25, -0.2) is 8.78 Å². The predicted molar refractivity (Wildman–Crippen MR) is 71.6 cm³/mol. The van der Waals surface area contributed by atoms with E-state index in [1.807, 2.05) is 24.3 Å². The van der Waals surface area contributed by atoms with E-state index in [9.17, 15) is 8.78 Å². The summed E-state index contributed by atoms with van der Waals surface area (Å²) in [6.45, 7) is 0.869. The molecule has 0 aliphatic heterocycles. The van der Waals surface area contributed by atoms with Crippen molar-refractivity contribution in [2.45, 2.75) is 13.1 Å². The van der Waals surface area contributed by atoms with Gasteiger partial charge in [0.2, 0.25) is 0 Å². The summed E-state index contributed by atoms with van der Waals surface area (Å²) >= 11 is 0. The number of rotatable bonds is 5. The van der Waals surface area contributed by atoms with Crippen LogP contribution in [0.2, 0.25) is 0 Å². The van der Waals surface area contributed by atoms with Crippen LogP contribution in [0.3, 0.4) is 0 Å². The van der Waals surface area contributed by atoms with Crippen LogP contribution >= 0.6 is 0 Å². The molecule has 3 nitrogen and oxygen atoms in total. The minimum Gasteiger partial charge on any atom is -0.503 e. The summed E-state index contributed by atoms with van der Waals surface area (Å²) in [5, 5.41) is 12.1. The third-order valence-corrected chi connectivity index (χ3v) is 2.89. The Morgan fingerprint density at radius 3 is 2.10 bits per heavy atom. The van der Waals surface area contributed by atoms with Crippen LogP contribution in [-0.2, 0) is 13.1 Å². The van der Waals surface area contributed by atoms with Crippen LogP contribution in [0.25, 0.3) is 0 Å². The molecule has 0 aromatic heterocycles. The lowest BCUT2D eigenvalue weighted by Crippen LogP contribution is -2.13. The van der Waals surface area contributed by atoms with Crippen LogP contribution in [0.15, 0.2) is 36.4 Å². The van der Waals surface area contributed by atoms with Crippen molar-refractivity contribution in [2.24, 2.45) is 0 Å². The summed E-state index contributed by atoms with van der Waals surface area (Å²) in [5.41, 5.74) is 1.47. The third-order valence-electron chi connectivity index (χ3n) is 2.89. The largest absolute Gasteiger partial charge is 0.503 e. The first-order chi connectivity index (χ1) is 9.60. The van der Waals surface area contributed by atoms with Gasteiger partial charge in [0.1, 0.15) is 5.75 Å². The average molecular weight is 279 g/mol. The second-order valence-corrected chi connectivity index (χ2v) is 4.36. The van der Waals surface area contributed by atoms with Gasteiger partial charge in [-0.05, 0) is 35.4 Å². The number of nitrogens with one attached hydrogen (secondary N) is 1. The first-order valence-corrected chi connectivity index (χ1v) is 6.10. The molecule has 0 saturated heterocycles. The number of halogens is 2. The zero-order valence-corrected chi connectivity index (χ0v) is 11.0. The molecule has 0 fully saturated rings. The molecule has 0 unspecified atom stereocenters. The molecule has 0 amide bonds. The van der Waals surface area contributed by atoms with Crippen molar-refractivity contribution in [3.8, 4) is 11.5 Å². The van der Waals surface area contributed by atoms with E-state index >= 15 is 0 Å². The van der Waals surface area contributed by atoms with Gasteiger partial charge < -0.3 is 15.2 Å². The van der Waals surface area contributed by atoms with Gasteiger partial charge in [0.25, 0.3) is 0 Å². The Balaban J connectivity index is 1.92. The Morgan fingerprint density at radius 1 is 1.00 bits per heavy atom. The van der Waals surface area contributed by atoms with Crippen molar-refractivity contribution in [3.63, 3.8) is 0 Å². The van der Waals surface area contributed by atoms with E-state index in [2.05, 4.69) is 5.32 Å². The van der Waals surface area contributed by atoms with Crippen LogP contribution < -0.4 is 10.1 Å². The third kappa shape index (κ3) is 3.45. The fraction of sp³-hybridized carbons (Fsp3) is 0.200. The van der Waals surface area contributed by atoms with Gasteiger partial charge in [0.15, 0.2) is 17.4 Å². The maximum absolute atomic E-state index is 13.1. The zero-order valence-electron chi connectivity index (χ0n) is 11.0. The molecule has 0 heterocycles. The zero-order chi connectivity index (χ0) is 14.5. The number of benzene rings is 2. The molecule has 0 saturated carbocycles. The maximum atomic E-state index is 13.1. The Labute approximate surface area is 115 Å². The van der Waals surface area contributed by atoms with Crippen molar-refractivity contribution in [1.82, 2.24) is 5.32 Å².